The summed E-state index contributed by atoms with van der Waals surface area (Å²) in [5, 5.41) is 11.9. The lowest BCUT2D eigenvalue weighted by Crippen LogP contribution is -2.64. The van der Waals surface area contributed by atoms with Gasteiger partial charge in [0.2, 0.25) is 0 Å². The molecule has 3 saturated heterocycles. The van der Waals surface area contributed by atoms with Gasteiger partial charge in [0, 0.05) is 33.7 Å². The average molecular weight is 594 g/mol. The van der Waals surface area contributed by atoms with Crippen LogP contribution in [0.15, 0.2) is 0 Å². The van der Waals surface area contributed by atoms with Crippen LogP contribution in [0.25, 0.3) is 0 Å². The lowest BCUT2D eigenvalue weighted by atomic mass is 9.74. The van der Waals surface area contributed by atoms with Gasteiger partial charge in [0.25, 0.3) is 0 Å². The molecular weight excluding hydrogens is 522 g/mol. The first-order valence-electron chi connectivity index (χ1n) is 17.4. The predicted molar refractivity (Wildman–Crippen MR) is 177 cm³/mol. The van der Waals surface area contributed by atoms with Crippen LogP contribution in [0.5, 0.6) is 0 Å². The average Bonchev–Trinajstić information content (AvgIpc) is 2.79. The fourth-order valence-corrected chi connectivity index (χ4v) is 8.03. The molecule has 3 aliphatic heterocycles. The molecule has 6 nitrogen and oxygen atoms in total. The Hall–Kier alpha value is -0.240. The number of hydrogen-bond donors (Lipinski definition) is 3. The molecule has 6 heteroatoms. The van der Waals surface area contributed by atoms with Crippen LogP contribution in [0.3, 0.4) is 0 Å². The molecule has 42 heavy (non-hydrogen) atoms. The molecule has 0 spiro atoms. The van der Waals surface area contributed by atoms with Crippen molar-refractivity contribution in [1.82, 2.24) is 16.0 Å². The third-order valence-electron chi connectivity index (χ3n) is 11.5. The van der Waals surface area contributed by atoms with Crippen molar-refractivity contribution in [2.45, 2.75) is 201 Å². The van der Waals surface area contributed by atoms with Crippen molar-refractivity contribution >= 4 is 0 Å². The standard InChI is InChI=1S/C36H71N3O3/c1-23(2)30-16-27(19-34(13,37-30)24(3)4)40-22-31(41-28-17-32(9,10)38-35(14,20-28)25(5)6)42-29-18-33(11,12)39-36(15,21-29)26(7)8/h23-31,37-39H,16-22H2,1-15H3. The van der Waals surface area contributed by atoms with E-state index in [2.05, 4.69) is 120 Å². The Morgan fingerprint density at radius 2 is 0.976 bits per heavy atom. The van der Waals surface area contributed by atoms with Crippen LogP contribution in [-0.2, 0) is 14.2 Å². The zero-order chi connectivity index (χ0) is 31.9. The largest absolute Gasteiger partial charge is 0.373 e. The van der Waals surface area contributed by atoms with E-state index in [9.17, 15) is 0 Å². The molecule has 0 aromatic carbocycles. The maximum Gasteiger partial charge on any atom is 0.181 e. The van der Waals surface area contributed by atoms with Gasteiger partial charge < -0.3 is 30.2 Å². The summed E-state index contributed by atoms with van der Waals surface area (Å²) in [4.78, 5) is 0. The predicted octanol–water partition coefficient (Wildman–Crippen LogP) is 7.44. The van der Waals surface area contributed by atoms with Gasteiger partial charge in [0.15, 0.2) is 6.29 Å². The van der Waals surface area contributed by atoms with E-state index in [-0.39, 0.29) is 52.3 Å². The summed E-state index contributed by atoms with van der Waals surface area (Å²) in [5.41, 5.74) is 0.0932. The zero-order valence-corrected chi connectivity index (χ0v) is 30.4. The summed E-state index contributed by atoms with van der Waals surface area (Å²) in [6.45, 7) is 35.4. The van der Waals surface area contributed by atoms with Crippen LogP contribution in [0.2, 0.25) is 0 Å². The molecule has 3 fully saturated rings. The van der Waals surface area contributed by atoms with Crippen LogP contribution in [0.4, 0.5) is 0 Å². The fraction of sp³-hybridized carbons (Fsp3) is 1.00. The summed E-state index contributed by atoms with van der Waals surface area (Å²) in [7, 11) is 0. The third kappa shape index (κ3) is 9.16. The van der Waals surface area contributed by atoms with Crippen molar-refractivity contribution in [3.05, 3.63) is 0 Å². The third-order valence-corrected chi connectivity index (χ3v) is 11.5. The molecule has 3 heterocycles. The quantitative estimate of drug-likeness (QED) is 0.216. The van der Waals surface area contributed by atoms with E-state index in [0.29, 0.717) is 36.3 Å². The zero-order valence-electron chi connectivity index (χ0n) is 30.4. The number of hydrogen-bond acceptors (Lipinski definition) is 6. The first-order valence-corrected chi connectivity index (χ1v) is 17.4. The van der Waals surface area contributed by atoms with E-state index in [1.54, 1.807) is 0 Å². The molecule has 0 aromatic heterocycles. The van der Waals surface area contributed by atoms with E-state index < -0.39 is 0 Å². The molecule has 7 atom stereocenters. The normalized spacial score (nSPS) is 39.8. The Kier molecular flexibility index (Phi) is 11.4. The van der Waals surface area contributed by atoms with E-state index in [0.717, 1.165) is 38.5 Å². The minimum absolute atomic E-state index is 0.00108. The van der Waals surface area contributed by atoms with Crippen molar-refractivity contribution in [1.29, 1.82) is 0 Å². The topological polar surface area (TPSA) is 63.8 Å². The number of nitrogens with one attached hydrogen (secondary N) is 3. The molecular formula is C36H71N3O3. The monoisotopic (exact) mass is 594 g/mol. The smallest absolute Gasteiger partial charge is 0.181 e. The first kappa shape index (κ1) is 36.2. The minimum Gasteiger partial charge on any atom is -0.373 e. The fourth-order valence-electron chi connectivity index (χ4n) is 8.03. The van der Waals surface area contributed by atoms with Gasteiger partial charge in [-0.25, -0.2) is 0 Å². The Morgan fingerprint density at radius 1 is 0.571 bits per heavy atom. The van der Waals surface area contributed by atoms with Crippen LogP contribution < -0.4 is 16.0 Å². The summed E-state index contributed by atoms with van der Waals surface area (Å²) in [6, 6.07) is 0.449. The van der Waals surface area contributed by atoms with Gasteiger partial charge in [0.05, 0.1) is 24.9 Å². The van der Waals surface area contributed by atoms with Crippen molar-refractivity contribution in [3.63, 3.8) is 0 Å². The van der Waals surface area contributed by atoms with E-state index in [1.807, 2.05) is 0 Å². The highest BCUT2D eigenvalue weighted by atomic mass is 16.7. The summed E-state index contributed by atoms with van der Waals surface area (Å²) in [6.07, 6.45) is 5.96. The van der Waals surface area contributed by atoms with Gasteiger partial charge in [-0.05, 0) is 111 Å². The highest BCUT2D eigenvalue weighted by molar-refractivity contribution is 5.03. The molecule has 0 saturated carbocycles. The van der Waals surface area contributed by atoms with Crippen LogP contribution in [0.1, 0.15) is 142 Å². The van der Waals surface area contributed by atoms with Crippen molar-refractivity contribution < 1.29 is 14.2 Å². The second kappa shape index (κ2) is 13.2. The number of rotatable bonds is 11. The number of piperidine rings is 3. The van der Waals surface area contributed by atoms with E-state index >= 15 is 0 Å². The molecule has 0 aliphatic carbocycles. The second-order valence-electron chi connectivity index (χ2n) is 17.9. The number of ether oxygens (including phenoxy) is 3. The van der Waals surface area contributed by atoms with Crippen molar-refractivity contribution in [2.24, 2.45) is 23.7 Å². The maximum atomic E-state index is 7.01. The van der Waals surface area contributed by atoms with Gasteiger partial charge >= 0.3 is 0 Å². The molecule has 3 aliphatic rings. The highest BCUT2D eigenvalue weighted by Gasteiger charge is 2.46. The van der Waals surface area contributed by atoms with Crippen LogP contribution in [0, 0.1) is 23.7 Å². The Labute approximate surface area is 260 Å². The van der Waals surface area contributed by atoms with Gasteiger partial charge in [-0.2, -0.15) is 0 Å². The molecule has 248 valence electrons. The molecule has 0 amide bonds. The van der Waals surface area contributed by atoms with Gasteiger partial charge in [0.1, 0.15) is 0 Å². The lowest BCUT2D eigenvalue weighted by Gasteiger charge is -2.52. The van der Waals surface area contributed by atoms with E-state index in [1.165, 1.54) is 0 Å². The SMILES string of the molecule is CC(C)C1CC(OCC(OC2CC(C)(C)NC(C)(C(C)C)C2)OC2CC(C)(C)NC(C)(C(C)C)C2)CC(C)(C(C)C)N1. The second-order valence-corrected chi connectivity index (χ2v) is 17.9. The molecule has 0 radical (unpaired) electrons. The summed E-state index contributed by atoms with van der Waals surface area (Å²) < 4.78 is 20.9. The molecule has 0 bridgehead atoms. The minimum atomic E-state index is -0.381. The van der Waals surface area contributed by atoms with Crippen molar-refractivity contribution in [3.8, 4) is 0 Å². The van der Waals surface area contributed by atoms with E-state index in [4.69, 9.17) is 14.2 Å². The first-order chi connectivity index (χ1) is 19.1. The highest BCUT2D eigenvalue weighted by Crippen LogP contribution is 2.39. The molecule has 3 rings (SSSR count). The van der Waals surface area contributed by atoms with Crippen molar-refractivity contribution in [2.75, 3.05) is 6.61 Å². The molecule has 3 N–H and O–H groups in total. The van der Waals surface area contributed by atoms with Crippen LogP contribution in [-0.4, -0.2) is 64.9 Å². The summed E-state index contributed by atoms with van der Waals surface area (Å²) in [5.74, 6) is 2.11. The van der Waals surface area contributed by atoms with Gasteiger partial charge in [-0.1, -0.05) is 55.4 Å². The maximum absolute atomic E-state index is 7.01. The molecule has 7 unspecified atom stereocenters. The lowest BCUT2D eigenvalue weighted by molar-refractivity contribution is -0.245. The van der Waals surface area contributed by atoms with Gasteiger partial charge in [-0.3, -0.25) is 0 Å². The van der Waals surface area contributed by atoms with Gasteiger partial charge in [-0.15, -0.1) is 0 Å². The Balaban J connectivity index is 1.83. The van der Waals surface area contributed by atoms with Crippen LogP contribution >= 0.6 is 0 Å². The Bertz CT molecular complexity index is 827. The summed E-state index contributed by atoms with van der Waals surface area (Å²) >= 11 is 0. The molecule has 0 aromatic rings. The Morgan fingerprint density at radius 3 is 1.36 bits per heavy atom.